The predicted octanol–water partition coefficient (Wildman–Crippen LogP) is 4.13. The van der Waals surface area contributed by atoms with E-state index in [-0.39, 0.29) is 18.0 Å². The van der Waals surface area contributed by atoms with E-state index in [0.717, 1.165) is 16.6 Å². The number of hydrogen-bond acceptors (Lipinski definition) is 2. The van der Waals surface area contributed by atoms with Gasteiger partial charge in [0.1, 0.15) is 6.04 Å². The first-order valence-corrected chi connectivity index (χ1v) is 7.92. The molecule has 4 nitrogen and oxygen atoms in total. The Morgan fingerprint density at radius 1 is 1.13 bits per heavy atom. The van der Waals surface area contributed by atoms with Crippen molar-refractivity contribution in [3.05, 3.63) is 65.4 Å². The number of rotatable bonds is 4. The molecule has 3 aromatic rings. The van der Waals surface area contributed by atoms with Crippen LogP contribution in [0.2, 0.25) is 5.02 Å². The Kier molecular flexibility index (Phi) is 4.35. The summed E-state index contributed by atoms with van der Waals surface area (Å²) >= 11 is 6.19. The Bertz CT molecular complexity index is 843. The molecule has 2 atom stereocenters. The minimum atomic E-state index is -0.354. The Morgan fingerprint density at radius 3 is 2.61 bits per heavy atom. The fourth-order valence-corrected chi connectivity index (χ4v) is 2.95. The van der Waals surface area contributed by atoms with E-state index in [1.54, 1.807) is 6.33 Å². The van der Waals surface area contributed by atoms with Crippen molar-refractivity contribution in [2.75, 3.05) is 0 Å². The van der Waals surface area contributed by atoms with Crippen LogP contribution in [0.15, 0.2) is 54.9 Å². The Hall–Kier alpha value is -2.33. The number of halogens is 1. The van der Waals surface area contributed by atoms with Gasteiger partial charge in [0.05, 0.1) is 23.4 Å². The zero-order valence-electron chi connectivity index (χ0n) is 13.0. The first kappa shape index (κ1) is 15.6. The van der Waals surface area contributed by atoms with E-state index >= 15 is 0 Å². The zero-order valence-corrected chi connectivity index (χ0v) is 13.8. The van der Waals surface area contributed by atoms with Crippen LogP contribution in [0.3, 0.4) is 0 Å². The quantitative estimate of drug-likeness (QED) is 0.783. The maximum atomic E-state index is 12.6. The third kappa shape index (κ3) is 3.08. The summed E-state index contributed by atoms with van der Waals surface area (Å²) in [6, 6.07) is 14.8. The lowest BCUT2D eigenvalue weighted by Crippen LogP contribution is -2.32. The SMILES string of the molecule is CC(NC(=O)C(C)n1cnc2ccccc21)c1ccccc1Cl. The fraction of sp³-hybridized carbons (Fsp3) is 0.222. The maximum Gasteiger partial charge on any atom is 0.243 e. The number of nitrogens with one attached hydrogen (secondary N) is 1. The lowest BCUT2D eigenvalue weighted by atomic mass is 10.1. The van der Waals surface area contributed by atoms with Gasteiger partial charge < -0.3 is 9.88 Å². The molecule has 1 aromatic heterocycles. The molecule has 1 amide bonds. The number of aromatic nitrogens is 2. The summed E-state index contributed by atoms with van der Waals surface area (Å²) in [5.74, 6) is -0.0689. The standard InChI is InChI=1S/C18H18ClN3O/c1-12(14-7-3-4-8-15(14)19)21-18(23)13(2)22-11-20-16-9-5-6-10-17(16)22/h3-13H,1-2H3,(H,21,23). The summed E-state index contributed by atoms with van der Waals surface area (Å²) in [7, 11) is 0. The van der Waals surface area contributed by atoms with Crippen molar-refractivity contribution in [1.82, 2.24) is 14.9 Å². The monoisotopic (exact) mass is 327 g/mol. The average molecular weight is 328 g/mol. The van der Waals surface area contributed by atoms with Crippen molar-refractivity contribution in [2.24, 2.45) is 0 Å². The lowest BCUT2D eigenvalue weighted by Gasteiger charge is -2.20. The van der Waals surface area contributed by atoms with E-state index in [9.17, 15) is 4.79 Å². The molecule has 2 aromatic carbocycles. The van der Waals surface area contributed by atoms with Gasteiger partial charge in [0.15, 0.2) is 0 Å². The van der Waals surface area contributed by atoms with Crippen molar-refractivity contribution in [3.63, 3.8) is 0 Å². The lowest BCUT2D eigenvalue weighted by molar-refractivity contribution is -0.124. The number of carbonyl (C=O) groups is 1. The summed E-state index contributed by atoms with van der Waals surface area (Å²) in [6.07, 6.45) is 1.70. The highest BCUT2D eigenvalue weighted by molar-refractivity contribution is 6.31. The molecule has 118 valence electrons. The molecule has 2 unspecified atom stereocenters. The summed E-state index contributed by atoms with van der Waals surface area (Å²) < 4.78 is 1.88. The molecule has 0 saturated heterocycles. The number of nitrogens with zero attached hydrogens (tertiary/aromatic N) is 2. The zero-order chi connectivity index (χ0) is 16.4. The third-order valence-corrected chi connectivity index (χ3v) is 4.35. The smallest absolute Gasteiger partial charge is 0.243 e. The van der Waals surface area contributed by atoms with Crippen LogP contribution in [0.4, 0.5) is 0 Å². The van der Waals surface area contributed by atoms with Crippen LogP contribution in [0, 0.1) is 0 Å². The molecular formula is C18H18ClN3O. The molecule has 0 aliphatic heterocycles. The van der Waals surface area contributed by atoms with Crippen molar-refractivity contribution >= 4 is 28.5 Å². The summed E-state index contributed by atoms with van der Waals surface area (Å²) in [4.78, 5) is 16.9. The highest BCUT2D eigenvalue weighted by atomic mass is 35.5. The van der Waals surface area contributed by atoms with Gasteiger partial charge in [0, 0.05) is 5.02 Å². The Balaban J connectivity index is 1.79. The minimum absolute atomic E-state index is 0.0689. The van der Waals surface area contributed by atoms with Gasteiger partial charge >= 0.3 is 0 Å². The number of para-hydroxylation sites is 2. The number of amides is 1. The van der Waals surface area contributed by atoms with Gasteiger partial charge in [-0.3, -0.25) is 4.79 Å². The van der Waals surface area contributed by atoms with Crippen molar-refractivity contribution in [3.8, 4) is 0 Å². The molecule has 23 heavy (non-hydrogen) atoms. The number of carbonyl (C=O) groups excluding carboxylic acids is 1. The highest BCUT2D eigenvalue weighted by Crippen LogP contribution is 2.23. The van der Waals surface area contributed by atoms with Crippen LogP contribution in [-0.2, 0) is 4.79 Å². The first-order chi connectivity index (χ1) is 11.1. The van der Waals surface area contributed by atoms with Gasteiger partial charge in [-0.25, -0.2) is 4.98 Å². The van der Waals surface area contributed by atoms with E-state index in [4.69, 9.17) is 11.6 Å². The Labute approximate surface area is 140 Å². The topological polar surface area (TPSA) is 46.9 Å². The minimum Gasteiger partial charge on any atom is -0.348 e. The van der Waals surface area contributed by atoms with E-state index in [1.165, 1.54) is 0 Å². The van der Waals surface area contributed by atoms with Crippen molar-refractivity contribution in [2.45, 2.75) is 25.9 Å². The van der Waals surface area contributed by atoms with E-state index in [0.29, 0.717) is 5.02 Å². The first-order valence-electron chi connectivity index (χ1n) is 7.54. The molecule has 0 fully saturated rings. The molecule has 0 spiro atoms. The second-order valence-corrected chi connectivity index (χ2v) is 5.98. The van der Waals surface area contributed by atoms with Crippen LogP contribution in [0.5, 0.6) is 0 Å². The molecule has 0 aliphatic rings. The van der Waals surface area contributed by atoms with Crippen molar-refractivity contribution in [1.29, 1.82) is 0 Å². The number of imidazole rings is 1. The third-order valence-electron chi connectivity index (χ3n) is 4.01. The summed E-state index contributed by atoms with van der Waals surface area (Å²) in [6.45, 7) is 3.79. The molecule has 0 radical (unpaired) electrons. The van der Waals surface area contributed by atoms with E-state index < -0.39 is 0 Å². The van der Waals surface area contributed by atoms with Crippen LogP contribution in [0.1, 0.15) is 31.5 Å². The van der Waals surface area contributed by atoms with Crippen LogP contribution in [-0.4, -0.2) is 15.5 Å². The second-order valence-electron chi connectivity index (χ2n) is 5.57. The number of fused-ring (bicyclic) bond motifs is 1. The normalized spacial score (nSPS) is 13.7. The fourth-order valence-electron chi connectivity index (χ4n) is 2.65. The molecule has 0 aliphatic carbocycles. The molecule has 0 saturated carbocycles. The molecule has 5 heteroatoms. The van der Waals surface area contributed by atoms with Gasteiger partial charge in [0.25, 0.3) is 0 Å². The van der Waals surface area contributed by atoms with Crippen LogP contribution >= 0.6 is 11.6 Å². The second kappa shape index (κ2) is 6.42. The number of benzene rings is 2. The van der Waals surface area contributed by atoms with Gasteiger partial charge in [-0.1, -0.05) is 41.9 Å². The van der Waals surface area contributed by atoms with Crippen molar-refractivity contribution < 1.29 is 4.79 Å². The van der Waals surface area contributed by atoms with Gasteiger partial charge in [0.2, 0.25) is 5.91 Å². The molecule has 1 heterocycles. The predicted molar refractivity (Wildman–Crippen MR) is 92.5 cm³/mol. The molecular weight excluding hydrogens is 310 g/mol. The number of hydrogen-bond donors (Lipinski definition) is 1. The van der Waals surface area contributed by atoms with E-state index in [2.05, 4.69) is 10.3 Å². The van der Waals surface area contributed by atoms with Gasteiger partial charge in [-0.15, -0.1) is 0 Å². The molecule has 1 N–H and O–H groups in total. The largest absolute Gasteiger partial charge is 0.348 e. The molecule has 0 bridgehead atoms. The van der Waals surface area contributed by atoms with Crippen LogP contribution in [0.25, 0.3) is 11.0 Å². The van der Waals surface area contributed by atoms with E-state index in [1.807, 2.05) is 66.9 Å². The van der Waals surface area contributed by atoms with Gasteiger partial charge in [-0.05, 0) is 37.6 Å². The van der Waals surface area contributed by atoms with Gasteiger partial charge in [-0.2, -0.15) is 0 Å². The Morgan fingerprint density at radius 2 is 1.83 bits per heavy atom. The summed E-state index contributed by atoms with van der Waals surface area (Å²) in [5.41, 5.74) is 2.73. The maximum absolute atomic E-state index is 12.6. The highest BCUT2D eigenvalue weighted by Gasteiger charge is 2.20. The molecule has 3 rings (SSSR count). The summed E-state index contributed by atoms with van der Waals surface area (Å²) in [5, 5.41) is 3.67. The average Bonchev–Trinajstić information content (AvgIpc) is 2.98. The van der Waals surface area contributed by atoms with Crippen LogP contribution < -0.4 is 5.32 Å².